The number of aromatic nitrogens is 2. The summed E-state index contributed by atoms with van der Waals surface area (Å²) in [4.78, 5) is 4.60. The van der Waals surface area contributed by atoms with Crippen molar-refractivity contribution in [3.63, 3.8) is 0 Å². The average Bonchev–Trinajstić information content (AvgIpc) is 3.06. The van der Waals surface area contributed by atoms with Crippen LogP contribution in [0.1, 0.15) is 30.5 Å². The Morgan fingerprint density at radius 3 is 2.70 bits per heavy atom. The minimum absolute atomic E-state index is 0. The topological polar surface area (TPSA) is 83.7 Å². The fourth-order valence-corrected chi connectivity index (χ4v) is 2.53. The van der Waals surface area contributed by atoms with Crippen LogP contribution in [-0.4, -0.2) is 41.0 Å². The summed E-state index contributed by atoms with van der Waals surface area (Å²) < 4.78 is 7.04. The van der Waals surface area contributed by atoms with E-state index in [1.807, 2.05) is 45.3 Å². The number of hydrogen-bond donors (Lipinski definition) is 3. The molecule has 0 saturated heterocycles. The smallest absolute Gasteiger partial charge is 0.191 e. The first kappa shape index (κ1) is 23.2. The minimum Gasteiger partial charge on any atom is -0.496 e. The molecule has 0 saturated carbocycles. The lowest BCUT2D eigenvalue weighted by Crippen LogP contribution is -2.44. The van der Waals surface area contributed by atoms with E-state index >= 15 is 0 Å². The van der Waals surface area contributed by atoms with Gasteiger partial charge in [0.05, 0.1) is 26.4 Å². The summed E-state index contributed by atoms with van der Waals surface area (Å²) in [6.45, 7) is 7.34. The van der Waals surface area contributed by atoms with Crippen molar-refractivity contribution in [1.82, 2.24) is 20.4 Å². The minimum atomic E-state index is -1.04. The van der Waals surface area contributed by atoms with Crippen LogP contribution in [0.3, 0.4) is 0 Å². The van der Waals surface area contributed by atoms with Crippen molar-refractivity contribution in [1.29, 1.82) is 0 Å². The molecule has 0 bridgehead atoms. The molecule has 8 heteroatoms. The number of hydrogen-bond acceptors (Lipinski definition) is 4. The summed E-state index contributed by atoms with van der Waals surface area (Å²) in [7, 11) is 3.50. The number of aliphatic imine (C=N–C) groups is 1. The molecule has 2 rings (SSSR count). The van der Waals surface area contributed by atoms with Gasteiger partial charge in [-0.15, -0.1) is 24.0 Å². The van der Waals surface area contributed by atoms with Crippen molar-refractivity contribution in [2.24, 2.45) is 12.0 Å². The van der Waals surface area contributed by atoms with Crippen molar-refractivity contribution in [3.8, 4) is 5.75 Å². The Morgan fingerprint density at radius 1 is 1.37 bits per heavy atom. The van der Waals surface area contributed by atoms with Crippen LogP contribution in [0.4, 0.5) is 0 Å². The zero-order valence-corrected chi connectivity index (χ0v) is 18.9. The highest BCUT2D eigenvalue weighted by Crippen LogP contribution is 2.20. The van der Waals surface area contributed by atoms with Crippen LogP contribution < -0.4 is 15.4 Å². The number of ether oxygens (including phenoxy) is 1. The molecule has 7 nitrogen and oxygen atoms in total. The van der Waals surface area contributed by atoms with Gasteiger partial charge in [-0.3, -0.25) is 4.68 Å². The number of guanidine groups is 1. The van der Waals surface area contributed by atoms with E-state index in [1.54, 1.807) is 24.9 Å². The van der Waals surface area contributed by atoms with Crippen molar-refractivity contribution >= 4 is 29.9 Å². The molecule has 0 spiro atoms. The fourth-order valence-electron chi connectivity index (χ4n) is 2.53. The Balaban J connectivity index is 0.00000364. The summed E-state index contributed by atoms with van der Waals surface area (Å²) in [5.41, 5.74) is 1.87. The molecule has 0 aliphatic heterocycles. The lowest BCUT2D eigenvalue weighted by molar-refractivity contribution is 0.0616. The molecule has 1 unspecified atom stereocenters. The van der Waals surface area contributed by atoms with Gasteiger partial charge >= 0.3 is 0 Å². The number of benzene rings is 1. The van der Waals surface area contributed by atoms with Crippen LogP contribution >= 0.6 is 24.0 Å². The Bertz CT molecular complexity index is 758. The molecule has 0 aliphatic carbocycles. The Kier molecular flexibility index (Phi) is 9.04. The number of rotatable bonds is 7. The van der Waals surface area contributed by atoms with Gasteiger partial charge in [-0.25, -0.2) is 4.99 Å². The third-order valence-electron chi connectivity index (χ3n) is 4.16. The first-order valence-corrected chi connectivity index (χ1v) is 8.73. The predicted octanol–water partition coefficient (Wildman–Crippen LogP) is 2.32. The predicted molar refractivity (Wildman–Crippen MR) is 119 cm³/mol. The van der Waals surface area contributed by atoms with Crippen molar-refractivity contribution in [2.75, 3.05) is 20.2 Å². The second-order valence-electron chi connectivity index (χ2n) is 6.53. The quantitative estimate of drug-likeness (QED) is 0.317. The van der Waals surface area contributed by atoms with E-state index in [0.29, 0.717) is 19.0 Å². The summed E-state index contributed by atoms with van der Waals surface area (Å²) in [5, 5.41) is 21.2. The number of nitrogens with one attached hydrogen (secondary N) is 2. The monoisotopic (exact) mass is 487 g/mol. The van der Waals surface area contributed by atoms with E-state index in [2.05, 4.69) is 20.7 Å². The third kappa shape index (κ3) is 6.69. The Hall–Kier alpha value is -1.81. The van der Waals surface area contributed by atoms with Crippen LogP contribution in [0.2, 0.25) is 0 Å². The van der Waals surface area contributed by atoms with Gasteiger partial charge in [0.2, 0.25) is 0 Å². The van der Waals surface area contributed by atoms with Gasteiger partial charge in [-0.1, -0.05) is 12.1 Å². The largest absolute Gasteiger partial charge is 0.496 e. The molecule has 27 heavy (non-hydrogen) atoms. The Labute approximate surface area is 178 Å². The highest BCUT2D eigenvalue weighted by molar-refractivity contribution is 14.0. The molecule has 0 aliphatic rings. The maximum Gasteiger partial charge on any atom is 0.191 e. The highest BCUT2D eigenvalue weighted by atomic mass is 127. The van der Waals surface area contributed by atoms with E-state index in [4.69, 9.17) is 4.74 Å². The summed E-state index contributed by atoms with van der Waals surface area (Å²) >= 11 is 0. The first-order valence-electron chi connectivity index (χ1n) is 8.73. The summed E-state index contributed by atoms with van der Waals surface area (Å²) in [6, 6.07) is 6.06. The van der Waals surface area contributed by atoms with E-state index in [1.165, 1.54) is 0 Å². The highest BCUT2D eigenvalue weighted by Gasteiger charge is 2.24. The standard InChI is InChI=1S/C19H29N5O2.HI/c1-6-20-18(21-10-15-8-7-14(2)17(9-15)26-5)22-13-19(3,25)16-11-23-24(4)12-16;/h7-9,11-12,25H,6,10,13H2,1-5H3,(H2,20,21,22);1H. The molecule has 0 fully saturated rings. The molecular weight excluding hydrogens is 457 g/mol. The normalized spacial score (nSPS) is 13.5. The number of aryl methyl sites for hydroxylation is 2. The van der Waals surface area contributed by atoms with Gasteiger partial charge in [0.15, 0.2) is 5.96 Å². The van der Waals surface area contributed by atoms with Gasteiger partial charge in [0.1, 0.15) is 11.4 Å². The second kappa shape index (κ2) is 10.5. The molecule has 1 atom stereocenters. The van der Waals surface area contributed by atoms with Crippen molar-refractivity contribution < 1.29 is 9.84 Å². The van der Waals surface area contributed by atoms with Gasteiger partial charge in [-0.2, -0.15) is 5.10 Å². The molecule has 1 aromatic heterocycles. The van der Waals surface area contributed by atoms with Gasteiger partial charge < -0.3 is 20.5 Å². The van der Waals surface area contributed by atoms with Crippen LogP contribution in [-0.2, 0) is 19.2 Å². The number of aliphatic hydroxyl groups is 1. The van der Waals surface area contributed by atoms with Gasteiger partial charge in [-0.05, 0) is 38.0 Å². The van der Waals surface area contributed by atoms with Gasteiger partial charge in [0.25, 0.3) is 0 Å². The molecule has 0 radical (unpaired) electrons. The second-order valence-corrected chi connectivity index (χ2v) is 6.53. The SMILES string of the molecule is CCNC(=NCc1ccc(C)c(OC)c1)NCC(C)(O)c1cnn(C)c1.I. The fraction of sp³-hybridized carbons (Fsp3) is 0.474. The lowest BCUT2D eigenvalue weighted by Gasteiger charge is -2.23. The molecule has 3 N–H and O–H groups in total. The van der Waals surface area contributed by atoms with E-state index in [9.17, 15) is 5.11 Å². The average molecular weight is 487 g/mol. The molecule has 1 aromatic carbocycles. The zero-order chi connectivity index (χ0) is 19.2. The van der Waals surface area contributed by atoms with Crippen LogP contribution in [0, 0.1) is 6.92 Å². The van der Waals surface area contributed by atoms with Crippen LogP contribution in [0.15, 0.2) is 35.6 Å². The van der Waals surface area contributed by atoms with Crippen molar-refractivity contribution in [3.05, 3.63) is 47.3 Å². The molecule has 150 valence electrons. The number of halogens is 1. The van der Waals surface area contributed by atoms with Crippen LogP contribution in [0.5, 0.6) is 5.75 Å². The Morgan fingerprint density at radius 2 is 2.11 bits per heavy atom. The summed E-state index contributed by atoms with van der Waals surface area (Å²) in [5.74, 6) is 1.51. The van der Waals surface area contributed by atoms with E-state index in [0.717, 1.165) is 29.0 Å². The van der Waals surface area contributed by atoms with Crippen molar-refractivity contribution in [2.45, 2.75) is 32.9 Å². The lowest BCUT2D eigenvalue weighted by atomic mass is 10.00. The molecular formula is C19H30IN5O2. The summed E-state index contributed by atoms with van der Waals surface area (Å²) in [6.07, 6.45) is 3.48. The number of methoxy groups -OCH3 is 1. The maximum atomic E-state index is 10.7. The zero-order valence-electron chi connectivity index (χ0n) is 16.6. The van der Waals surface area contributed by atoms with Crippen LogP contribution in [0.25, 0.3) is 0 Å². The van der Waals surface area contributed by atoms with E-state index in [-0.39, 0.29) is 24.0 Å². The van der Waals surface area contributed by atoms with E-state index < -0.39 is 5.60 Å². The molecule has 2 aromatic rings. The first-order chi connectivity index (χ1) is 12.4. The maximum absolute atomic E-state index is 10.7. The number of nitrogens with zero attached hydrogens (tertiary/aromatic N) is 3. The van der Waals surface area contributed by atoms with Gasteiger partial charge in [0, 0.05) is 25.4 Å². The molecule has 0 amide bonds. The third-order valence-corrected chi connectivity index (χ3v) is 4.16. The molecule has 1 heterocycles.